The molecule has 12 nitrogen and oxygen atoms in total. The molecule has 5 aromatic rings. The van der Waals surface area contributed by atoms with Gasteiger partial charge in [-0.3, -0.25) is 4.90 Å². The van der Waals surface area contributed by atoms with E-state index in [1.54, 1.807) is 0 Å². The minimum atomic E-state index is 0.247. The van der Waals surface area contributed by atoms with Gasteiger partial charge in [0.2, 0.25) is 0 Å². The quantitative estimate of drug-likeness (QED) is 0.224. The molecule has 0 spiro atoms. The largest absolute Gasteiger partial charge is 0.492 e. The predicted molar refractivity (Wildman–Crippen MR) is 153 cm³/mol. The van der Waals surface area contributed by atoms with Crippen molar-refractivity contribution < 1.29 is 18.6 Å². The Balaban J connectivity index is 1.07. The fourth-order valence-electron chi connectivity index (χ4n) is 5.12. The maximum absolute atomic E-state index is 6.06. The summed E-state index contributed by atoms with van der Waals surface area (Å²) in [5.74, 6) is 2.89. The molecule has 1 fully saturated rings. The number of rotatable bonds is 12. The van der Waals surface area contributed by atoms with E-state index in [1.807, 2.05) is 61.1 Å². The van der Waals surface area contributed by atoms with Crippen molar-refractivity contribution in [3.8, 4) is 22.9 Å². The SMILES string of the molecule is CCOc1cc(CN2CCC(Nc3nc4cc(OCc5nnn[nH]5)ccc4o3)CC2)cc(OCC)c1-n1cccc1. The van der Waals surface area contributed by atoms with Crippen LogP contribution in [-0.2, 0) is 13.2 Å². The van der Waals surface area contributed by atoms with Gasteiger partial charge in [0, 0.05) is 44.1 Å². The highest BCUT2D eigenvalue weighted by molar-refractivity contribution is 5.76. The third kappa shape index (κ3) is 6.27. The van der Waals surface area contributed by atoms with Gasteiger partial charge in [0.15, 0.2) is 11.4 Å². The number of ether oxygens (including phenoxy) is 3. The van der Waals surface area contributed by atoms with E-state index >= 15 is 0 Å². The van der Waals surface area contributed by atoms with Crippen LogP contribution in [0.5, 0.6) is 17.2 Å². The first-order valence-corrected chi connectivity index (χ1v) is 14.0. The molecule has 2 N–H and O–H groups in total. The summed E-state index contributed by atoms with van der Waals surface area (Å²) in [5, 5.41) is 17.1. The zero-order valence-electron chi connectivity index (χ0n) is 23.2. The molecule has 41 heavy (non-hydrogen) atoms. The Bertz CT molecular complexity index is 1520. The number of fused-ring (bicyclic) bond motifs is 1. The van der Waals surface area contributed by atoms with Crippen LogP contribution in [0.3, 0.4) is 0 Å². The highest BCUT2D eigenvalue weighted by Crippen LogP contribution is 2.36. The monoisotopic (exact) mass is 558 g/mol. The molecular formula is C29H34N8O4. The van der Waals surface area contributed by atoms with E-state index < -0.39 is 0 Å². The lowest BCUT2D eigenvalue weighted by Crippen LogP contribution is -2.38. The highest BCUT2D eigenvalue weighted by atomic mass is 16.5. The zero-order valence-corrected chi connectivity index (χ0v) is 23.2. The first-order valence-electron chi connectivity index (χ1n) is 14.0. The lowest BCUT2D eigenvalue weighted by atomic mass is 10.0. The van der Waals surface area contributed by atoms with E-state index in [-0.39, 0.29) is 12.6 Å². The summed E-state index contributed by atoms with van der Waals surface area (Å²) in [7, 11) is 0. The standard InChI is InChI=1S/C29H34N8O4/c1-3-38-25-15-20(16-26(39-4-2)28(25)37-11-5-6-12-37)18-36-13-9-21(10-14-36)30-29-31-23-17-22(7-8-24(23)41-29)40-19-27-32-34-35-33-27/h5-8,11-12,15-17,21H,3-4,9-10,13-14,18-19H2,1-2H3,(H,30,31)(H,32,33,34,35). The Kier molecular flexibility index (Phi) is 7.99. The second-order valence-electron chi connectivity index (χ2n) is 9.88. The third-order valence-electron chi connectivity index (χ3n) is 7.01. The second kappa shape index (κ2) is 12.3. The van der Waals surface area contributed by atoms with Crippen molar-refractivity contribution >= 4 is 17.1 Å². The molecule has 2 aromatic carbocycles. The molecule has 1 aliphatic rings. The zero-order chi connectivity index (χ0) is 28.0. The fraction of sp³-hybridized carbons (Fsp3) is 0.379. The van der Waals surface area contributed by atoms with Crippen molar-refractivity contribution in [1.29, 1.82) is 0 Å². The fourth-order valence-corrected chi connectivity index (χ4v) is 5.12. The van der Waals surface area contributed by atoms with E-state index in [0.29, 0.717) is 36.4 Å². The van der Waals surface area contributed by atoms with Crippen LogP contribution in [-0.4, -0.2) is 67.4 Å². The molecule has 1 saturated heterocycles. The first-order chi connectivity index (χ1) is 20.2. The summed E-state index contributed by atoms with van der Waals surface area (Å²) >= 11 is 0. The molecule has 0 radical (unpaired) electrons. The van der Waals surface area contributed by atoms with Crippen molar-refractivity contribution in [1.82, 2.24) is 35.1 Å². The average Bonchev–Trinajstić information content (AvgIpc) is 3.76. The van der Waals surface area contributed by atoms with Crippen LogP contribution < -0.4 is 19.5 Å². The predicted octanol–water partition coefficient (Wildman–Crippen LogP) is 4.58. The van der Waals surface area contributed by atoms with Gasteiger partial charge in [0.25, 0.3) is 6.01 Å². The van der Waals surface area contributed by atoms with E-state index in [4.69, 9.17) is 18.6 Å². The maximum Gasteiger partial charge on any atom is 0.295 e. The van der Waals surface area contributed by atoms with E-state index in [9.17, 15) is 0 Å². The average molecular weight is 559 g/mol. The molecule has 3 aromatic heterocycles. The van der Waals surface area contributed by atoms with Gasteiger partial charge < -0.3 is 28.5 Å². The number of anilines is 1. The number of likely N-dealkylation sites (tertiary alicyclic amines) is 1. The summed E-state index contributed by atoms with van der Waals surface area (Å²) < 4.78 is 25.9. The topological polar surface area (TPSA) is 128 Å². The van der Waals surface area contributed by atoms with Crippen LogP contribution in [0.4, 0.5) is 6.01 Å². The van der Waals surface area contributed by atoms with Crippen LogP contribution in [0, 0.1) is 0 Å². The Morgan fingerprint density at radius 2 is 1.76 bits per heavy atom. The number of oxazole rings is 1. The van der Waals surface area contributed by atoms with Gasteiger partial charge in [-0.05, 0) is 79.1 Å². The normalized spacial score (nSPS) is 14.4. The molecule has 0 atom stereocenters. The summed E-state index contributed by atoms with van der Waals surface area (Å²) in [6.07, 6.45) is 5.99. The molecule has 1 aliphatic heterocycles. The number of nitrogens with zero attached hydrogens (tertiary/aromatic N) is 6. The number of aromatic amines is 1. The van der Waals surface area contributed by atoms with Gasteiger partial charge >= 0.3 is 0 Å². The van der Waals surface area contributed by atoms with Gasteiger partial charge in [-0.2, -0.15) is 4.98 Å². The van der Waals surface area contributed by atoms with E-state index in [2.05, 4.69) is 48.0 Å². The Labute approximate surface area is 237 Å². The summed E-state index contributed by atoms with van der Waals surface area (Å²) in [6.45, 7) is 8.18. The summed E-state index contributed by atoms with van der Waals surface area (Å²) in [4.78, 5) is 7.10. The number of tetrazole rings is 1. The Morgan fingerprint density at radius 3 is 2.44 bits per heavy atom. The van der Waals surface area contributed by atoms with Crippen molar-refractivity contribution in [2.24, 2.45) is 0 Å². The van der Waals surface area contributed by atoms with Gasteiger partial charge in [0.1, 0.15) is 35.1 Å². The molecule has 4 heterocycles. The summed E-state index contributed by atoms with van der Waals surface area (Å²) in [5.41, 5.74) is 3.55. The van der Waals surface area contributed by atoms with Crippen LogP contribution >= 0.6 is 0 Å². The number of aromatic nitrogens is 6. The molecular weight excluding hydrogens is 524 g/mol. The molecule has 0 unspecified atom stereocenters. The number of hydrogen-bond acceptors (Lipinski definition) is 10. The molecule has 0 amide bonds. The number of nitrogens with one attached hydrogen (secondary N) is 2. The van der Waals surface area contributed by atoms with Crippen LogP contribution in [0.1, 0.15) is 38.1 Å². The van der Waals surface area contributed by atoms with Gasteiger partial charge in [0.05, 0.1) is 13.2 Å². The van der Waals surface area contributed by atoms with E-state index in [0.717, 1.165) is 55.2 Å². The molecule has 0 aliphatic carbocycles. The van der Waals surface area contributed by atoms with Gasteiger partial charge in [-0.1, -0.05) is 0 Å². The second-order valence-corrected chi connectivity index (χ2v) is 9.88. The third-order valence-corrected chi connectivity index (χ3v) is 7.01. The molecule has 0 bridgehead atoms. The smallest absolute Gasteiger partial charge is 0.295 e. The van der Waals surface area contributed by atoms with Crippen molar-refractivity contribution in [3.05, 3.63) is 66.2 Å². The lowest BCUT2D eigenvalue weighted by Gasteiger charge is -2.32. The molecule has 12 heteroatoms. The highest BCUT2D eigenvalue weighted by Gasteiger charge is 2.22. The first kappa shape index (κ1) is 26.6. The van der Waals surface area contributed by atoms with Gasteiger partial charge in [-0.15, -0.1) is 5.10 Å². The Morgan fingerprint density at radius 1 is 1.00 bits per heavy atom. The van der Waals surface area contributed by atoms with Gasteiger partial charge in [-0.25, -0.2) is 5.10 Å². The van der Waals surface area contributed by atoms with Crippen molar-refractivity contribution in [2.75, 3.05) is 31.6 Å². The number of hydrogen-bond donors (Lipinski definition) is 2. The number of piperidine rings is 1. The van der Waals surface area contributed by atoms with E-state index in [1.165, 1.54) is 5.56 Å². The Hall–Kier alpha value is -4.58. The maximum atomic E-state index is 6.06. The van der Waals surface area contributed by atoms with Crippen LogP contribution in [0.15, 0.2) is 59.3 Å². The van der Waals surface area contributed by atoms with Crippen LogP contribution in [0.25, 0.3) is 16.8 Å². The molecule has 0 saturated carbocycles. The minimum Gasteiger partial charge on any atom is -0.492 e. The summed E-state index contributed by atoms with van der Waals surface area (Å²) in [6, 6.07) is 14.7. The van der Waals surface area contributed by atoms with Crippen LogP contribution in [0.2, 0.25) is 0 Å². The minimum absolute atomic E-state index is 0.247. The number of benzene rings is 2. The lowest BCUT2D eigenvalue weighted by molar-refractivity contribution is 0.209. The molecule has 6 rings (SSSR count). The number of H-pyrrole nitrogens is 1. The molecule has 214 valence electrons. The van der Waals surface area contributed by atoms with Crippen molar-refractivity contribution in [2.45, 2.75) is 45.9 Å². The van der Waals surface area contributed by atoms with Crippen molar-refractivity contribution in [3.63, 3.8) is 0 Å².